The molecule has 0 aliphatic rings. The molecule has 0 saturated heterocycles. The summed E-state index contributed by atoms with van der Waals surface area (Å²) < 4.78 is 1.63. The number of aromatic nitrogens is 5. The lowest BCUT2D eigenvalue weighted by Gasteiger charge is -2.04. The first-order valence-corrected chi connectivity index (χ1v) is 6.26. The summed E-state index contributed by atoms with van der Waals surface area (Å²) in [5, 5.41) is 2.65. The van der Waals surface area contributed by atoms with E-state index in [1.165, 1.54) is 6.20 Å². The van der Waals surface area contributed by atoms with E-state index in [4.69, 9.17) is 0 Å². The van der Waals surface area contributed by atoms with Crippen molar-refractivity contribution < 1.29 is 4.79 Å². The highest BCUT2D eigenvalue weighted by Crippen LogP contribution is 2.13. The number of nitrogens with zero attached hydrogens (tertiary/aromatic N) is 5. The van der Waals surface area contributed by atoms with Crippen LogP contribution in [0.3, 0.4) is 0 Å². The minimum absolute atomic E-state index is 0.311. The predicted octanol–water partition coefficient (Wildman–Crippen LogP) is 1.52. The van der Waals surface area contributed by atoms with E-state index in [0.717, 1.165) is 5.69 Å². The van der Waals surface area contributed by atoms with Crippen LogP contribution in [0, 0.1) is 0 Å². The zero-order valence-electron chi connectivity index (χ0n) is 11.3. The largest absolute Gasteiger partial charge is 0.330 e. The third-order valence-corrected chi connectivity index (χ3v) is 2.85. The number of rotatable bonds is 3. The number of carbonyl (C=O) groups is 1. The maximum Gasteiger partial charge on any atom is 0.292 e. The van der Waals surface area contributed by atoms with Crippen LogP contribution in [0.15, 0.2) is 49.2 Å². The van der Waals surface area contributed by atoms with Gasteiger partial charge in [-0.25, -0.2) is 15.0 Å². The van der Waals surface area contributed by atoms with Gasteiger partial charge in [-0.3, -0.25) is 9.78 Å². The highest BCUT2D eigenvalue weighted by molar-refractivity contribution is 6.01. The first-order chi connectivity index (χ1) is 10.2. The van der Waals surface area contributed by atoms with Crippen LogP contribution in [0.25, 0.3) is 11.4 Å². The zero-order chi connectivity index (χ0) is 14.7. The van der Waals surface area contributed by atoms with Gasteiger partial charge in [0.05, 0.1) is 18.1 Å². The maximum atomic E-state index is 12.0. The Morgan fingerprint density at radius 2 is 1.95 bits per heavy atom. The lowest BCUT2D eigenvalue weighted by molar-refractivity contribution is 0.101. The van der Waals surface area contributed by atoms with E-state index in [-0.39, 0.29) is 5.91 Å². The maximum absolute atomic E-state index is 12.0. The predicted molar refractivity (Wildman–Crippen MR) is 76.4 cm³/mol. The van der Waals surface area contributed by atoms with Gasteiger partial charge in [0.15, 0.2) is 11.6 Å². The van der Waals surface area contributed by atoms with Gasteiger partial charge in [0, 0.05) is 25.6 Å². The topological polar surface area (TPSA) is 85.6 Å². The number of imidazole rings is 1. The molecular weight excluding hydrogens is 268 g/mol. The minimum atomic E-state index is -0.331. The second-order valence-electron chi connectivity index (χ2n) is 4.32. The molecule has 3 heterocycles. The summed E-state index contributed by atoms with van der Waals surface area (Å²) in [7, 11) is 1.75. The van der Waals surface area contributed by atoms with Gasteiger partial charge in [-0.05, 0) is 12.1 Å². The molecule has 3 rings (SSSR count). The van der Waals surface area contributed by atoms with Crippen molar-refractivity contribution in [2.75, 3.05) is 5.32 Å². The summed E-state index contributed by atoms with van der Waals surface area (Å²) in [6.45, 7) is 0. The summed E-state index contributed by atoms with van der Waals surface area (Å²) >= 11 is 0. The number of amides is 1. The monoisotopic (exact) mass is 280 g/mol. The van der Waals surface area contributed by atoms with Gasteiger partial charge in [-0.15, -0.1) is 0 Å². The molecule has 7 heteroatoms. The number of carbonyl (C=O) groups excluding carboxylic acids is 1. The number of hydrogen-bond acceptors (Lipinski definition) is 5. The number of pyridine rings is 1. The average molecular weight is 280 g/mol. The molecule has 0 unspecified atom stereocenters. The molecule has 1 N–H and O–H groups in total. The fraction of sp³-hybridized carbons (Fsp3) is 0.0714. The first-order valence-electron chi connectivity index (χ1n) is 6.26. The van der Waals surface area contributed by atoms with E-state index >= 15 is 0 Å². The Balaban J connectivity index is 1.76. The SMILES string of the molecule is Cn1ccnc1C(=O)Nc1cnc(-c2ccccn2)cn1. The van der Waals surface area contributed by atoms with Crippen LogP contribution in [-0.2, 0) is 7.05 Å². The smallest absolute Gasteiger partial charge is 0.292 e. The van der Waals surface area contributed by atoms with Gasteiger partial charge in [-0.2, -0.15) is 0 Å². The van der Waals surface area contributed by atoms with E-state index in [9.17, 15) is 4.79 Å². The average Bonchev–Trinajstić information content (AvgIpc) is 2.95. The molecule has 7 nitrogen and oxygen atoms in total. The zero-order valence-corrected chi connectivity index (χ0v) is 11.3. The highest BCUT2D eigenvalue weighted by Gasteiger charge is 2.12. The third kappa shape index (κ3) is 2.76. The van der Waals surface area contributed by atoms with Crippen LogP contribution < -0.4 is 5.32 Å². The molecule has 3 aromatic rings. The normalized spacial score (nSPS) is 10.3. The molecule has 21 heavy (non-hydrogen) atoms. The van der Waals surface area contributed by atoms with E-state index < -0.39 is 0 Å². The number of hydrogen-bond donors (Lipinski definition) is 1. The van der Waals surface area contributed by atoms with Crippen LogP contribution in [0.2, 0.25) is 0 Å². The Morgan fingerprint density at radius 3 is 2.57 bits per heavy atom. The summed E-state index contributed by atoms with van der Waals surface area (Å²) in [6.07, 6.45) is 8.00. The molecule has 3 aromatic heterocycles. The van der Waals surface area contributed by atoms with Gasteiger partial charge < -0.3 is 9.88 Å². The Hall–Kier alpha value is -3.09. The summed E-state index contributed by atoms with van der Waals surface area (Å²) in [5.74, 6) is 0.343. The molecule has 0 spiro atoms. The molecule has 0 aromatic carbocycles. The molecule has 0 aliphatic heterocycles. The second-order valence-corrected chi connectivity index (χ2v) is 4.32. The van der Waals surface area contributed by atoms with Crippen molar-refractivity contribution in [1.82, 2.24) is 24.5 Å². The van der Waals surface area contributed by atoms with Crippen LogP contribution in [-0.4, -0.2) is 30.4 Å². The van der Waals surface area contributed by atoms with E-state index in [1.54, 1.807) is 36.4 Å². The summed E-state index contributed by atoms with van der Waals surface area (Å²) in [5.41, 5.74) is 1.37. The molecule has 0 bridgehead atoms. The Labute approximate surface area is 120 Å². The van der Waals surface area contributed by atoms with Gasteiger partial charge in [0.2, 0.25) is 0 Å². The van der Waals surface area contributed by atoms with Gasteiger partial charge >= 0.3 is 0 Å². The van der Waals surface area contributed by atoms with Crippen LogP contribution in [0.1, 0.15) is 10.6 Å². The van der Waals surface area contributed by atoms with Crippen molar-refractivity contribution in [2.45, 2.75) is 0 Å². The standard InChI is InChI=1S/C14H12N6O/c1-20-7-6-16-13(20)14(21)19-12-9-17-11(8-18-12)10-4-2-3-5-15-10/h2-9H,1H3,(H,18,19,21). The quantitative estimate of drug-likeness (QED) is 0.786. The Kier molecular flexibility index (Phi) is 3.38. The third-order valence-electron chi connectivity index (χ3n) is 2.85. The van der Waals surface area contributed by atoms with Crippen molar-refractivity contribution in [3.05, 3.63) is 55.0 Å². The molecule has 104 valence electrons. The highest BCUT2D eigenvalue weighted by atomic mass is 16.2. The van der Waals surface area contributed by atoms with Crippen molar-refractivity contribution >= 4 is 11.7 Å². The van der Waals surface area contributed by atoms with Crippen LogP contribution >= 0.6 is 0 Å². The molecule has 0 aliphatic carbocycles. The van der Waals surface area contributed by atoms with Crippen LogP contribution in [0.5, 0.6) is 0 Å². The van der Waals surface area contributed by atoms with Gasteiger partial charge in [0.25, 0.3) is 5.91 Å². The molecule has 0 fully saturated rings. The van der Waals surface area contributed by atoms with Crippen molar-refractivity contribution in [2.24, 2.45) is 7.05 Å². The van der Waals surface area contributed by atoms with Crippen molar-refractivity contribution in [3.63, 3.8) is 0 Å². The van der Waals surface area contributed by atoms with E-state index in [2.05, 4.69) is 25.3 Å². The minimum Gasteiger partial charge on any atom is -0.330 e. The fourth-order valence-electron chi connectivity index (χ4n) is 1.80. The van der Waals surface area contributed by atoms with Crippen molar-refractivity contribution in [3.8, 4) is 11.4 Å². The summed E-state index contributed by atoms with van der Waals surface area (Å²) in [4.78, 5) is 28.5. The first kappa shape index (κ1) is 12.9. The van der Waals surface area contributed by atoms with Gasteiger partial charge in [-0.1, -0.05) is 6.07 Å². The molecular formula is C14H12N6O. The molecule has 1 amide bonds. The molecule has 0 saturated carbocycles. The number of nitrogens with one attached hydrogen (secondary N) is 1. The molecule has 0 atom stereocenters. The van der Waals surface area contributed by atoms with Gasteiger partial charge in [0.1, 0.15) is 5.69 Å². The van der Waals surface area contributed by atoms with Crippen molar-refractivity contribution in [1.29, 1.82) is 0 Å². The summed E-state index contributed by atoms with van der Waals surface area (Å²) in [6, 6.07) is 5.55. The fourth-order valence-corrected chi connectivity index (χ4v) is 1.80. The van der Waals surface area contributed by atoms with E-state index in [0.29, 0.717) is 17.3 Å². The number of anilines is 1. The number of aryl methyl sites for hydroxylation is 1. The lowest BCUT2D eigenvalue weighted by Crippen LogP contribution is -2.17. The Morgan fingerprint density at radius 1 is 1.05 bits per heavy atom. The van der Waals surface area contributed by atoms with E-state index in [1.807, 2.05) is 18.2 Å². The van der Waals surface area contributed by atoms with Crippen LogP contribution in [0.4, 0.5) is 5.82 Å². The second kappa shape index (κ2) is 5.49. The lowest BCUT2D eigenvalue weighted by atomic mass is 10.3. The Bertz CT molecular complexity index is 751. The molecule has 0 radical (unpaired) electrons.